The van der Waals surface area contributed by atoms with Crippen molar-refractivity contribution in [3.05, 3.63) is 83.2 Å². The second-order valence-corrected chi connectivity index (χ2v) is 8.91. The number of rotatable bonds is 3. The average Bonchev–Trinajstić information content (AvgIpc) is 3.32. The van der Waals surface area contributed by atoms with Crippen molar-refractivity contribution in [1.82, 2.24) is 14.7 Å². The van der Waals surface area contributed by atoms with Gasteiger partial charge in [-0.25, -0.2) is 4.68 Å². The van der Waals surface area contributed by atoms with Crippen molar-refractivity contribution >= 4 is 6.21 Å². The zero-order valence-electron chi connectivity index (χ0n) is 17.3. The Morgan fingerprint density at radius 3 is 2.57 bits per heavy atom. The van der Waals surface area contributed by atoms with Crippen molar-refractivity contribution in [3.63, 3.8) is 0 Å². The van der Waals surface area contributed by atoms with Gasteiger partial charge in [0.15, 0.2) is 0 Å². The molecule has 30 heavy (non-hydrogen) atoms. The minimum Gasteiger partial charge on any atom is -0.351 e. The molecule has 3 aromatic rings. The molecule has 1 unspecified atom stereocenters. The molecule has 5 heteroatoms. The highest BCUT2D eigenvalue weighted by Gasteiger charge is 2.55. The molecular weight excluding hydrogens is 372 g/mol. The first-order chi connectivity index (χ1) is 14.7. The second kappa shape index (κ2) is 6.62. The maximum absolute atomic E-state index is 6.81. The van der Waals surface area contributed by atoms with E-state index in [1.807, 2.05) is 35.3 Å². The number of benzene rings is 2. The number of hydrogen-bond acceptors (Lipinski definition) is 4. The molecule has 1 fully saturated rings. The van der Waals surface area contributed by atoms with Gasteiger partial charge in [-0.15, -0.1) is 0 Å². The highest BCUT2D eigenvalue weighted by molar-refractivity contribution is 5.79. The quantitative estimate of drug-likeness (QED) is 0.670. The van der Waals surface area contributed by atoms with Gasteiger partial charge >= 0.3 is 0 Å². The van der Waals surface area contributed by atoms with E-state index < -0.39 is 0 Å². The number of aryl methyl sites for hydroxylation is 1. The van der Waals surface area contributed by atoms with Gasteiger partial charge in [0.2, 0.25) is 0 Å². The number of nitrogens with zero attached hydrogens (tertiary/aromatic N) is 4. The van der Waals surface area contributed by atoms with Crippen LogP contribution in [0, 0.1) is 6.92 Å². The third-order valence-corrected chi connectivity index (χ3v) is 6.85. The van der Waals surface area contributed by atoms with Crippen LogP contribution in [-0.4, -0.2) is 40.5 Å². The summed E-state index contributed by atoms with van der Waals surface area (Å²) in [6.45, 7) is 5.91. The molecule has 0 bridgehead atoms. The van der Waals surface area contributed by atoms with Crippen LogP contribution >= 0.6 is 0 Å². The van der Waals surface area contributed by atoms with E-state index >= 15 is 0 Å². The minimum atomic E-state index is -0.276. The first-order valence-corrected chi connectivity index (χ1v) is 10.8. The van der Waals surface area contributed by atoms with Gasteiger partial charge in [-0.05, 0) is 43.0 Å². The fourth-order valence-corrected chi connectivity index (χ4v) is 5.20. The number of aliphatic imine (C=N–C) groups is 1. The molecule has 0 aliphatic carbocycles. The van der Waals surface area contributed by atoms with E-state index in [2.05, 4.69) is 58.4 Å². The standard InChI is InChI=1S/C25H26N4O/c1-19-7-8-22-23(13-19)24(30-25(22)17-26-18-25)9-11-28(12-10-24)15-20-14-27-29(16-20)21-5-3-2-4-6-21/h2-8,13-14,16-17H,9-12,15,18H2,1H3. The lowest BCUT2D eigenvalue weighted by atomic mass is 9.81. The molecule has 4 heterocycles. The van der Waals surface area contributed by atoms with Crippen molar-refractivity contribution in [2.24, 2.45) is 4.99 Å². The lowest BCUT2D eigenvalue weighted by molar-refractivity contribution is -0.136. The summed E-state index contributed by atoms with van der Waals surface area (Å²) >= 11 is 0. The summed E-state index contributed by atoms with van der Waals surface area (Å²) in [7, 11) is 0. The predicted octanol–water partition coefficient (Wildman–Crippen LogP) is 3.98. The molecule has 0 radical (unpaired) electrons. The Balaban J connectivity index is 1.18. The molecule has 2 spiro atoms. The summed E-state index contributed by atoms with van der Waals surface area (Å²) in [5, 5.41) is 4.55. The van der Waals surface area contributed by atoms with Gasteiger partial charge in [0, 0.05) is 37.6 Å². The average molecular weight is 399 g/mol. The molecule has 5 nitrogen and oxygen atoms in total. The SMILES string of the molecule is Cc1ccc2c(c1)C1(CCN(Cc3cnn(-c4ccccc4)c3)CC1)OC21C=NC1. The Bertz CT molecular complexity index is 1110. The van der Waals surface area contributed by atoms with E-state index in [9.17, 15) is 0 Å². The molecule has 0 saturated carbocycles. The molecule has 0 amide bonds. The van der Waals surface area contributed by atoms with E-state index in [1.54, 1.807) is 0 Å². The number of aromatic nitrogens is 2. The molecular formula is C25H26N4O. The van der Waals surface area contributed by atoms with Gasteiger partial charge in [-0.1, -0.05) is 42.0 Å². The molecule has 1 saturated heterocycles. The van der Waals surface area contributed by atoms with Gasteiger partial charge < -0.3 is 4.74 Å². The number of likely N-dealkylation sites (tertiary alicyclic amines) is 1. The molecule has 2 aromatic carbocycles. The van der Waals surface area contributed by atoms with Crippen LogP contribution in [0.3, 0.4) is 0 Å². The number of para-hydroxylation sites is 1. The van der Waals surface area contributed by atoms with Crippen LogP contribution in [-0.2, 0) is 22.5 Å². The van der Waals surface area contributed by atoms with Gasteiger partial charge in [0.1, 0.15) is 5.60 Å². The molecule has 0 N–H and O–H groups in total. The summed E-state index contributed by atoms with van der Waals surface area (Å²) in [5.74, 6) is 0. The van der Waals surface area contributed by atoms with Crippen LogP contribution in [0.15, 0.2) is 65.9 Å². The van der Waals surface area contributed by atoms with Crippen molar-refractivity contribution in [2.45, 2.75) is 37.5 Å². The van der Waals surface area contributed by atoms with Crippen LogP contribution < -0.4 is 0 Å². The lowest BCUT2D eigenvalue weighted by Gasteiger charge is -2.42. The maximum Gasteiger partial charge on any atom is 0.149 e. The second-order valence-electron chi connectivity index (χ2n) is 8.91. The molecule has 1 aromatic heterocycles. The van der Waals surface area contributed by atoms with Gasteiger partial charge in [-0.3, -0.25) is 9.89 Å². The van der Waals surface area contributed by atoms with E-state index in [1.165, 1.54) is 22.3 Å². The zero-order valence-corrected chi connectivity index (χ0v) is 17.3. The van der Waals surface area contributed by atoms with Crippen LogP contribution in [0.2, 0.25) is 0 Å². The number of hydrogen-bond donors (Lipinski definition) is 0. The summed E-state index contributed by atoms with van der Waals surface area (Å²) in [5.41, 5.74) is 5.94. The summed E-state index contributed by atoms with van der Waals surface area (Å²) < 4.78 is 8.76. The van der Waals surface area contributed by atoms with Crippen LogP contribution in [0.5, 0.6) is 0 Å². The number of piperidine rings is 1. The van der Waals surface area contributed by atoms with Gasteiger partial charge in [0.05, 0.1) is 24.0 Å². The zero-order chi connectivity index (χ0) is 20.2. The summed E-state index contributed by atoms with van der Waals surface area (Å²) in [6.07, 6.45) is 8.18. The first kappa shape index (κ1) is 18.0. The minimum absolute atomic E-state index is 0.168. The summed E-state index contributed by atoms with van der Waals surface area (Å²) in [6, 6.07) is 17.1. The monoisotopic (exact) mass is 398 g/mol. The van der Waals surface area contributed by atoms with E-state index in [0.29, 0.717) is 0 Å². The number of ether oxygens (including phenoxy) is 1. The fourth-order valence-electron chi connectivity index (χ4n) is 5.20. The fraction of sp³-hybridized carbons (Fsp3) is 0.360. The largest absolute Gasteiger partial charge is 0.351 e. The van der Waals surface area contributed by atoms with Crippen molar-refractivity contribution in [3.8, 4) is 5.69 Å². The Labute approximate surface area is 177 Å². The van der Waals surface area contributed by atoms with Crippen LogP contribution in [0.1, 0.15) is 35.1 Å². The van der Waals surface area contributed by atoms with Crippen molar-refractivity contribution < 1.29 is 4.74 Å². The highest BCUT2D eigenvalue weighted by Crippen LogP contribution is 2.53. The molecule has 6 rings (SSSR count). The molecule has 152 valence electrons. The first-order valence-electron chi connectivity index (χ1n) is 10.8. The topological polar surface area (TPSA) is 42.7 Å². The Morgan fingerprint density at radius 2 is 1.83 bits per heavy atom. The molecule has 3 aliphatic rings. The molecule has 3 aliphatic heterocycles. The predicted molar refractivity (Wildman–Crippen MR) is 117 cm³/mol. The third kappa shape index (κ3) is 2.76. The molecule has 1 atom stereocenters. The van der Waals surface area contributed by atoms with Gasteiger partial charge in [0.25, 0.3) is 0 Å². The highest BCUT2D eigenvalue weighted by atomic mass is 16.5. The Hall–Kier alpha value is -2.76. The smallest absolute Gasteiger partial charge is 0.149 e. The van der Waals surface area contributed by atoms with Crippen molar-refractivity contribution in [1.29, 1.82) is 0 Å². The Kier molecular flexibility index (Phi) is 3.98. The Morgan fingerprint density at radius 1 is 1.03 bits per heavy atom. The van der Waals surface area contributed by atoms with E-state index in [4.69, 9.17) is 4.74 Å². The summed E-state index contributed by atoms with van der Waals surface area (Å²) in [4.78, 5) is 6.90. The van der Waals surface area contributed by atoms with Crippen LogP contribution in [0.25, 0.3) is 5.69 Å². The van der Waals surface area contributed by atoms with Gasteiger partial charge in [-0.2, -0.15) is 5.10 Å². The third-order valence-electron chi connectivity index (χ3n) is 6.85. The maximum atomic E-state index is 6.81. The van der Waals surface area contributed by atoms with E-state index in [-0.39, 0.29) is 11.2 Å². The van der Waals surface area contributed by atoms with Crippen LogP contribution in [0.4, 0.5) is 0 Å². The lowest BCUT2D eigenvalue weighted by Crippen LogP contribution is -2.46. The van der Waals surface area contributed by atoms with E-state index in [0.717, 1.165) is 44.7 Å². The van der Waals surface area contributed by atoms with Crippen molar-refractivity contribution in [2.75, 3.05) is 19.6 Å². The normalized spacial score (nSPS) is 24.3. The number of fused-ring (bicyclic) bond motifs is 3.